The minimum atomic E-state index is 0.00673. The van der Waals surface area contributed by atoms with E-state index in [-0.39, 0.29) is 17.7 Å². The molecule has 1 aliphatic rings. The number of para-hydroxylation sites is 2. The molecule has 1 atom stereocenters. The van der Waals surface area contributed by atoms with E-state index >= 15 is 0 Å². The Kier molecular flexibility index (Phi) is 6.25. The molecule has 1 unspecified atom stereocenters. The van der Waals surface area contributed by atoms with E-state index in [0.29, 0.717) is 39.0 Å². The van der Waals surface area contributed by atoms with Crippen LogP contribution in [0.15, 0.2) is 60.7 Å². The molecule has 0 spiro atoms. The van der Waals surface area contributed by atoms with Crippen molar-refractivity contribution in [3.8, 4) is 5.75 Å². The molecule has 136 valence electrons. The second-order valence-corrected chi connectivity index (χ2v) is 6.48. The van der Waals surface area contributed by atoms with Gasteiger partial charge in [-0.25, -0.2) is 0 Å². The van der Waals surface area contributed by atoms with Crippen LogP contribution in [0.5, 0.6) is 5.75 Å². The van der Waals surface area contributed by atoms with Crippen molar-refractivity contribution in [2.75, 3.05) is 24.6 Å². The molecule has 2 amide bonds. The fourth-order valence-electron chi connectivity index (χ4n) is 3.06. The zero-order valence-corrected chi connectivity index (χ0v) is 14.8. The minimum absolute atomic E-state index is 0.00673. The Labute approximate surface area is 154 Å². The number of nitrogens with zero attached hydrogens (tertiary/aromatic N) is 1. The number of hydrogen-bond donors (Lipinski definition) is 1. The highest BCUT2D eigenvalue weighted by Crippen LogP contribution is 2.24. The molecule has 1 heterocycles. The molecular weight excluding hydrogens is 328 g/mol. The fraction of sp³-hybridized carbons (Fsp3) is 0.333. The zero-order valence-electron chi connectivity index (χ0n) is 14.8. The molecule has 0 saturated carbocycles. The quantitative estimate of drug-likeness (QED) is 0.743. The number of hydrogen-bond acceptors (Lipinski definition) is 3. The lowest BCUT2D eigenvalue weighted by Crippen LogP contribution is -2.31. The Bertz CT molecular complexity index is 719. The first-order chi connectivity index (χ1) is 12.7. The number of ether oxygens (including phenoxy) is 1. The van der Waals surface area contributed by atoms with E-state index in [1.54, 1.807) is 4.90 Å². The van der Waals surface area contributed by atoms with Crippen molar-refractivity contribution in [2.45, 2.75) is 19.3 Å². The van der Waals surface area contributed by atoms with Crippen molar-refractivity contribution in [1.29, 1.82) is 0 Å². The molecule has 1 fully saturated rings. The van der Waals surface area contributed by atoms with Gasteiger partial charge in [0, 0.05) is 37.5 Å². The number of amides is 2. The third-order valence-corrected chi connectivity index (χ3v) is 4.42. The highest BCUT2D eigenvalue weighted by Gasteiger charge is 2.30. The Hall–Kier alpha value is -2.82. The van der Waals surface area contributed by atoms with E-state index in [0.717, 1.165) is 11.4 Å². The van der Waals surface area contributed by atoms with Crippen molar-refractivity contribution in [2.24, 2.45) is 5.92 Å². The third-order valence-electron chi connectivity index (χ3n) is 4.42. The summed E-state index contributed by atoms with van der Waals surface area (Å²) in [7, 11) is 0. The smallest absolute Gasteiger partial charge is 0.227 e. The molecule has 0 aliphatic carbocycles. The first kappa shape index (κ1) is 18.0. The molecule has 2 aromatic rings. The van der Waals surface area contributed by atoms with Gasteiger partial charge in [0.1, 0.15) is 5.75 Å². The zero-order chi connectivity index (χ0) is 18.2. The Balaban J connectivity index is 1.34. The summed E-state index contributed by atoms with van der Waals surface area (Å²) in [5.74, 6) is 1.10. The van der Waals surface area contributed by atoms with Gasteiger partial charge in [0.2, 0.25) is 11.8 Å². The summed E-state index contributed by atoms with van der Waals surface area (Å²) in [5.41, 5.74) is 0.921. The molecule has 0 bridgehead atoms. The SMILES string of the molecule is O=C(CCCOc1ccccc1)NCC1CC(=O)N(c2ccccc2)C1. The van der Waals surface area contributed by atoms with Crippen LogP contribution in [0.1, 0.15) is 19.3 Å². The topological polar surface area (TPSA) is 58.6 Å². The van der Waals surface area contributed by atoms with E-state index in [1.165, 1.54) is 0 Å². The maximum absolute atomic E-state index is 12.2. The molecule has 3 rings (SSSR count). The van der Waals surface area contributed by atoms with Crippen LogP contribution in [0.4, 0.5) is 5.69 Å². The van der Waals surface area contributed by atoms with Crippen LogP contribution in [-0.2, 0) is 9.59 Å². The number of nitrogens with one attached hydrogen (secondary N) is 1. The van der Waals surface area contributed by atoms with Gasteiger partial charge in [0.15, 0.2) is 0 Å². The van der Waals surface area contributed by atoms with Gasteiger partial charge < -0.3 is 15.0 Å². The Morgan fingerprint density at radius 1 is 1.08 bits per heavy atom. The lowest BCUT2D eigenvalue weighted by Gasteiger charge is -2.16. The number of rotatable bonds is 8. The highest BCUT2D eigenvalue weighted by atomic mass is 16.5. The summed E-state index contributed by atoms with van der Waals surface area (Å²) in [4.78, 5) is 25.9. The third kappa shape index (κ3) is 5.09. The number of anilines is 1. The summed E-state index contributed by atoms with van der Waals surface area (Å²) in [6, 6.07) is 19.2. The molecule has 0 radical (unpaired) electrons. The number of benzene rings is 2. The monoisotopic (exact) mass is 352 g/mol. The summed E-state index contributed by atoms with van der Waals surface area (Å²) in [6.45, 7) is 1.70. The van der Waals surface area contributed by atoms with Gasteiger partial charge in [-0.05, 0) is 30.7 Å². The maximum atomic E-state index is 12.2. The molecular formula is C21H24N2O3. The average Bonchev–Trinajstić information content (AvgIpc) is 3.06. The lowest BCUT2D eigenvalue weighted by atomic mass is 10.1. The molecule has 1 aliphatic heterocycles. The average molecular weight is 352 g/mol. The van der Waals surface area contributed by atoms with Gasteiger partial charge in [-0.15, -0.1) is 0 Å². The van der Waals surface area contributed by atoms with Crippen LogP contribution < -0.4 is 15.0 Å². The highest BCUT2D eigenvalue weighted by molar-refractivity contribution is 5.95. The van der Waals surface area contributed by atoms with Gasteiger partial charge in [-0.2, -0.15) is 0 Å². The second-order valence-electron chi connectivity index (χ2n) is 6.48. The molecule has 1 saturated heterocycles. The van der Waals surface area contributed by atoms with Crippen molar-refractivity contribution in [3.63, 3.8) is 0 Å². The van der Waals surface area contributed by atoms with Crippen molar-refractivity contribution < 1.29 is 14.3 Å². The maximum Gasteiger partial charge on any atom is 0.227 e. The minimum Gasteiger partial charge on any atom is -0.494 e. The second kappa shape index (κ2) is 9.04. The summed E-state index contributed by atoms with van der Waals surface area (Å²) in [6.07, 6.45) is 1.57. The predicted octanol–water partition coefficient (Wildman–Crippen LogP) is 3.01. The fourth-order valence-corrected chi connectivity index (χ4v) is 3.06. The van der Waals surface area contributed by atoms with Crippen molar-refractivity contribution in [3.05, 3.63) is 60.7 Å². The van der Waals surface area contributed by atoms with Gasteiger partial charge in [0.05, 0.1) is 6.61 Å². The largest absolute Gasteiger partial charge is 0.494 e. The van der Waals surface area contributed by atoms with E-state index in [4.69, 9.17) is 4.74 Å². The summed E-state index contributed by atoms with van der Waals surface area (Å²) < 4.78 is 5.58. The van der Waals surface area contributed by atoms with Gasteiger partial charge in [-0.3, -0.25) is 9.59 Å². The normalized spacial score (nSPS) is 16.5. The van der Waals surface area contributed by atoms with Gasteiger partial charge in [-0.1, -0.05) is 36.4 Å². The molecule has 2 aromatic carbocycles. The van der Waals surface area contributed by atoms with Crippen LogP contribution >= 0.6 is 0 Å². The lowest BCUT2D eigenvalue weighted by molar-refractivity contribution is -0.122. The van der Waals surface area contributed by atoms with E-state index in [1.807, 2.05) is 60.7 Å². The number of carbonyl (C=O) groups excluding carboxylic acids is 2. The van der Waals surface area contributed by atoms with Crippen LogP contribution in [0.2, 0.25) is 0 Å². The van der Waals surface area contributed by atoms with Crippen LogP contribution in [0.3, 0.4) is 0 Å². The molecule has 0 aromatic heterocycles. The first-order valence-corrected chi connectivity index (χ1v) is 9.02. The molecule has 5 heteroatoms. The van der Waals surface area contributed by atoms with Gasteiger partial charge in [0.25, 0.3) is 0 Å². The number of carbonyl (C=O) groups is 2. The Morgan fingerprint density at radius 3 is 2.50 bits per heavy atom. The van der Waals surface area contributed by atoms with E-state index < -0.39 is 0 Å². The van der Waals surface area contributed by atoms with Crippen LogP contribution in [0, 0.1) is 5.92 Å². The summed E-state index contributed by atoms with van der Waals surface area (Å²) in [5, 5.41) is 2.94. The van der Waals surface area contributed by atoms with Gasteiger partial charge >= 0.3 is 0 Å². The van der Waals surface area contributed by atoms with E-state index in [2.05, 4.69) is 5.32 Å². The van der Waals surface area contributed by atoms with Crippen molar-refractivity contribution in [1.82, 2.24) is 5.32 Å². The summed E-state index contributed by atoms with van der Waals surface area (Å²) >= 11 is 0. The standard InChI is InChI=1S/C21H24N2O3/c24-20(12-7-13-26-19-10-5-2-6-11-19)22-15-17-14-21(25)23(16-17)18-8-3-1-4-9-18/h1-6,8-11,17H,7,12-16H2,(H,22,24). The predicted molar refractivity (Wildman–Crippen MR) is 101 cm³/mol. The molecule has 5 nitrogen and oxygen atoms in total. The van der Waals surface area contributed by atoms with Crippen LogP contribution in [-0.4, -0.2) is 31.5 Å². The Morgan fingerprint density at radius 2 is 1.77 bits per heavy atom. The van der Waals surface area contributed by atoms with Crippen molar-refractivity contribution >= 4 is 17.5 Å². The van der Waals surface area contributed by atoms with E-state index in [9.17, 15) is 9.59 Å². The molecule has 1 N–H and O–H groups in total. The molecule has 26 heavy (non-hydrogen) atoms. The van der Waals surface area contributed by atoms with Crippen LogP contribution in [0.25, 0.3) is 0 Å². The first-order valence-electron chi connectivity index (χ1n) is 9.02.